The summed E-state index contributed by atoms with van der Waals surface area (Å²) < 4.78 is 0. The summed E-state index contributed by atoms with van der Waals surface area (Å²) in [5, 5.41) is 13.6. The van der Waals surface area contributed by atoms with Gasteiger partial charge in [0, 0.05) is 24.9 Å². The molecule has 0 aromatic carbocycles. The van der Waals surface area contributed by atoms with E-state index >= 15 is 0 Å². The second-order valence-electron chi connectivity index (χ2n) is 3.93. The molecule has 1 atom stereocenters. The second kappa shape index (κ2) is 7.01. The molecule has 0 saturated heterocycles. The summed E-state index contributed by atoms with van der Waals surface area (Å²) in [4.78, 5) is 26.4. The number of rotatable bonds is 5. The van der Waals surface area contributed by atoms with E-state index in [2.05, 4.69) is 21.5 Å². The van der Waals surface area contributed by atoms with Crippen molar-refractivity contribution in [2.45, 2.75) is 25.9 Å². The first kappa shape index (κ1) is 14.5. The van der Waals surface area contributed by atoms with E-state index in [1.165, 1.54) is 0 Å². The first-order valence-corrected chi connectivity index (χ1v) is 5.65. The van der Waals surface area contributed by atoms with Crippen molar-refractivity contribution in [3.8, 4) is 12.3 Å². The largest absolute Gasteiger partial charge is 0.480 e. The van der Waals surface area contributed by atoms with Gasteiger partial charge in [-0.1, -0.05) is 6.07 Å². The minimum atomic E-state index is -1.16. The number of aryl methyl sites for hydroxylation is 1. The minimum absolute atomic E-state index is 0.0607. The zero-order valence-corrected chi connectivity index (χ0v) is 10.5. The van der Waals surface area contributed by atoms with Gasteiger partial charge in [-0.25, -0.2) is 9.59 Å². The lowest BCUT2D eigenvalue weighted by molar-refractivity contribution is -0.139. The van der Waals surface area contributed by atoms with E-state index in [0.717, 1.165) is 11.3 Å². The summed E-state index contributed by atoms with van der Waals surface area (Å²) in [5.74, 6) is 1.04. The number of terminal acetylenes is 1. The van der Waals surface area contributed by atoms with Crippen LogP contribution in [0.3, 0.4) is 0 Å². The van der Waals surface area contributed by atoms with Crippen molar-refractivity contribution in [2.24, 2.45) is 0 Å². The van der Waals surface area contributed by atoms with Crippen LogP contribution in [0.1, 0.15) is 17.7 Å². The van der Waals surface area contributed by atoms with Gasteiger partial charge >= 0.3 is 12.0 Å². The zero-order chi connectivity index (χ0) is 14.3. The number of aliphatic carboxylic acids is 1. The maximum absolute atomic E-state index is 11.5. The molecule has 0 aliphatic rings. The number of carboxylic acids is 1. The molecule has 1 aromatic rings. The van der Waals surface area contributed by atoms with Gasteiger partial charge < -0.3 is 15.7 Å². The molecule has 0 spiro atoms. The average molecular weight is 261 g/mol. The SMILES string of the molecule is C#CCC(NC(=O)NCc1ccc(C)nc1)C(=O)O. The molecule has 1 unspecified atom stereocenters. The van der Waals surface area contributed by atoms with Crippen LogP contribution in [0.15, 0.2) is 18.3 Å². The van der Waals surface area contributed by atoms with Crippen molar-refractivity contribution >= 4 is 12.0 Å². The van der Waals surface area contributed by atoms with E-state index in [0.29, 0.717) is 0 Å². The van der Waals surface area contributed by atoms with Crippen LogP contribution in [0.2, 0.25) is 0 Å². The van der Waals surface area contributed by atoms with E-state index in [1.807, 2.05) is 19.1 Å². The molecule has 3 N–H and O–H groups in total. The fourth-order valence-electron chi connectivity index (χ4n) is 1.31. The van der Waals surface area contributed by atoms with Crippen LogP contribution in [0.5, 0.6) is 0 Å². The fourth-order valence-corrected chi connectivity index (χ4v) is 1.31. The lowest BCUT2D eigenvalue weighted by Crippen LogP contribution is -2.45. The van der Waals surface area contributed by atoms with Crippen LogP contribution < -0.4 is 10.6 Å². The third-order valence-corrected chi connectivity index (χ3v) is 2.35. The van der Waals surface area contributed by atoms with Gasteiger partial charge in [0.1, 0.15) is 6.04 Å². The minimum Gasteiger partial charge on any atom is -0.480 e. The molecule has 100 valence electrons. The molecule has 0 aliphatic carbocycles. The van der Waals surface area contributed by atoms with E-state index in [-0.39, 0.29) is 13.0 Å². The molecule has 6 heteroatoms. The number of hydrogen-bond acceptors (Lipinski definition) is 3. The number of carbonyl (C=O) groups is 2. The van der Waals surface area contributed by atoms with Gasteiger partial charge in [0.05, 0.1) is 0 Å². The van der Waals surface area contributed by atoms with E-state index in [4.69, 9.17) is 11.5 Å². The third-order valence-electron chi connectivity index (χ3n) is 2.35. The molecule has 0 bridgehead atoms. The Balaban J connectivity index is 2.45. The summed E-state index contributed by atoms with van der Waals surface area (Å²) in [6, 6.07) is 2.00. The number of nitrogens with zero attached hydrogens (tertiary/aromatic N) is 1. The molecule has 0 saturated carbocycles. The Labute approximate surface area is 111 Å². The zero-order valence-electron chi connectivity index (χ0n) is 10.5. The molecule has 6 nitrogen and oxygen atoms in total. The summed E-state index contributed by atoms with van der Waals surface area (Å²) in [6.45, 7) is 2.13. The number of carbonyl (C=O) groups excluding carboxylic acids is 1. The normalized spacial score (nSPS) is 11.2. The quantitative estimate of drug-likeness (QED) is 0.679. The van der Waals surface area contributed by atoms with E-state index < -0.39 is 18.0 Å². The number of carboxylic acid groups (broad SMARTS) is 1. The highest BCUT2D eigenvalue weighted by Gasteiger charge is 2.18. The monoisotopic (exact) mass is 261 g/mol. The van der Waals surface area contributed by atoms with Gasteiger partial charge in [0.2, 0.25) is 0 Å². The van der Waals surface area contributed by atoms with Crippen LogP contribution >= 0.6 is 0 Å². The molecular formula is C13H15N3O3. The molecule has 1 aromatic heterocycles. The molecule has 0 aliphatic heterocycles. The average Bonchev–Trinajstić information content (AvgIpc) is 2.37. The highest BCUT2D eigenvalue weighted by Crippen LogP contribution is 1.98. The number of nitrogens with one attached hydrogen (secondary N) is 2. The Morgan fingerprint density at radius 3 is 2.79 bits per heavy atom. The predicted octanol–water partition coefficient (Wildman–Crippen LogP) is 0.666. The summed E-state index contributed by atoms with van der Waals surface area (Å²) in [7, 11) is 0. The Kier molecular flexibility index (Phi) is 5.35. The van der Waals surface area contributed by atoms with Crippen molar-refractivity contribution in [3.63, 3.8) is 0 Å². The number of pyridine rings is 1. The molecule has 2 amide bonds. The van der Waals surface area contributed by atoms with E-state index in [9.17, 15) is 9.59 Å². The van der Waals surface area contributed by atoms with Crippen LogP contribution in [0.4, 0.5) is 4.79 Å². The van der Waals surface area contributed by atoms with Gasteiger partial charge in [-0.15, -0.1) is 12.3 Å². The molecule has 0 fully saturated rings. The Bertz CT molecular complexity index is 491. The number of hydrogen-bond donors (Lipinski definition) is 3. The molecule has 19 heavy (non-hydrogen) atoms. The maximum Gasteiger partial charge on any atom is 0.327 e. The number of amides is 2. The van der Waals surface area contributed by atoms with Crippen LogP contribution in [-0.2, 0) is 11.3 Å². The van der Waals surface area contributed by atoms with E-state index in [1.54, 1.807) is 6.20 Å². The van der Waals surface area contributed by atoms with Crippen molar-refractivity contribution in [1.82, 2.24) is 15.6 Å². The molecule has 1 rings (SSSR count). The topological polar surface area (TPSA) is 91.3 Å². The second-order valence-corrected chi connectivity index (χ2v) is 3.93. The lowest BCUT2D eigenvalue weighted by atomic mass is 10.2. The smallest absolute Gasteiger partial charge is 0.327 e. The van der Waals surface area contributed by atoms with Crippen molar-refractivity contribution in [2.75, 3.05) is 0 Å². The lowest BCUT2D eigenvalue weighted by Gasteiger charge is -2.12. The first-order chi connectivity index (χ1) is 9.02. The predicted molar refractivity (Wildman–Crippen MR) is 69.2 cm³/mol. The van der Waals surface area contributed by atoms with Gasteiger partial charge in [-0.3, -0.25) is 4.98 Å². The Morgan fingerprint density at radius 2 is 2.26 bits per heavy atom. The third kappa shape index (κ3) is 5.08. The van der Waals surface area contributed by atoms with Crippen molar-refractivity contribution in [1.29, 1.82) is 0 Å². The highest BCUT2D eigenvalue weighted by atomic mass is 16.4. The van der Waals surface area contributed by atoms with Crippen LogP contribution in [0, 0.1) is 19.3 Å². The van der Waals surface area contributed by atoms with Gasteiger partial charge in [-0.2, -0.15) is 0 Å². The van der Waals surface area contributed by atoms with Crippen molar-refractivity contribution < 1.29 is 14.7 Å². The molecule has 1 heterocycles. The number of aromatic nitrogens is 1. The first-order valence-electron chi connectivity index (χ1n) is 5.65. The van der Waals surface area contributed by atoms with Gasteiger partial charge in [0.15, 0.2) is 0 Å². The highest BCUT2D eigenvalue weighted by molar-refractivity contribution is 5.82. The van der Waals surface area contributed by atoms with Crippen LogP contribution in [-0.4, -0.2) is 28.1 Å². The summed E-state index contributed by atoms with van der Waals surface area (Å²) >= 11 is 0. The summed E-state index contributed by atoms with van der Waals surface area (Å²) in [6.07, 6.45) is 6.61. The number of urea groups is 1. The Hall–Kier alpha value is -2.55. The fraction of sp³-hybridized carbons (Fsp3) is 0.308. The van der Waals surface area contributed by atoms with Crippen LogP contribution in [0.25, 0.3) is 0 Å². The van der Waals surface area contributed by atoms with Crippen molar-refractivity contribution in [3.05, 3.63) is 29.6 Å². The maximum atomic E-state index is 11.5. The summed E-state index contributed by atoms with van der Waals surface area (Å²) in [5.41, 5.74) is 1.71. The molecule has 0 radical (unpaired) electrons. The van der Waals surface area contributed by atoms with Gasteiger partial charge in [0.25, 0.3) is 0 Å². The Morgan fingerprint density at radius 1 is 1.53 bits per heavy atom. The van der Waals surface area contributed by atoms with Gasteiger partial charge in [-0.05, 0) is 18.6 Å². The standard InChI is InChI=1S/C13H15N3O3/c1-3-4-11(12(17)18)16-13(19)15-8-10-6-5-9(2)14-7-10/h1,5-7,11H,4,8H2,2H3,(H,17,18)(H2,15,16,19). The molecular weight excluding hydrogens is 246 g/mol.